The number of unbranched alkanes of at least 4 members (excludes halogenated alkanes) is 17. The quantitative estimate of drug-likeness (QED) is 0.169. The maximum atomic E-state index is 2.48. The van der Waals surface area contributed by atoms with Gasteiger partial charge in [0.25, 0.3) is 0 Å². The predicted molar refractivity (Wildman–Crippen MR) is 126 cm³/mol. The molecule has 0 bridgehead atoms. The number of nitrogens with zero attached hydrogens (tertiary/aromatic N) is 1. The molecule has 0 aliphatic rings. The highest BCUT2D eigenvalue weighted by molar-refractivity contribution is 4.66. The van der Waals surface area contributed by atoms with E-state index in [0.717, 1.165) is 6.04 Å². The van der Waals surface area contributed by atoms with Crippen LogP contribution in [-0.2, 0) is 0 Å². The first kappa shape index (κ1) is 27.0. The van der Waals surface area contributed by atoms with Gasteiger partial charge in [0.05, 0.1) is 0 Å². The molecular formula is C26H55N. The van der Waals surface area contributed by atoms with Crippen LogP contribution in [0, 0.1) is 0 Å². The van der Waals surface area contributed by atoms with E-state index in [9.17, 15) is 0 Å². The van der Waals surface area contributed by atoms with Crippen molar-refractivity contribution in [3.05, 3.63) is 0 Å². The second-order valence-corrected chi connectivity index (χ2v) is 9.21. The molecular weight excluding hydrogens is 326 g/mol. The molecule has 0 saturated heterocycles. The van der Waals surface area contributed by atoms with Crippen molar-refractivity contribution < 1.29 is 0 Å². The van der Waals surface area contributed by atoms with Gasteiger partial charge in [0.2, 0.25) is 0 Å². The normalized spacial score (nSPS) is 12.8. The number of hydrogen-bond donors (Lipinski definition) is 0. The van der Waals surface area contributed by atoms with Gasteiger partial charge in [-0.25, -0.2) is 0 Å². The average Bonchev–Trinajstić information content (AvgIpc) is 2.66. The summed E-state index contributed by atoms with van der Waals surface area (Å²) in [5.74, 6) is 0. The van der Waals surface area contributed by atoms with Crippen LogP contribution in [0.1, 0.15) is 149 Å². The second kappa shape index (κ2) is 22.3. The van der Waals surface area contributed by atoms with Crippen LogP contribution in [0.5, 0.6) is 0 Å². The fraction of sp³-hybridized carbons (Fsp3) is 1.00. The van der Waals surface area contributed by atoms with Crippen molar-refractivity contribution in [3.8, 4) is 0 Å². The minimum Gasteiger partial charge on any atom is -0.306 e. The van der Waals surface area contributed by atoms with Crippen molar-refractivity contribution in [1.82, 2.24) is 4.90 Å². The largest absolute Gasteiger partial charge is 0.306 e. The van der Waals surface area contributed by atoms with Gasteiger partial charge >= 0.3 is 0 Å². The standard InChI is InChI=1S/C26H55N/c1-5-7-9-11-13-14-15-16-17-19-21-23-25-26(27(3)4)24-22-20-18-12-10-8-6-2/h26H,5-25H2,1-4H3. The Morgan fingerprint density at radius 2 is 0.667 bits per heavy atom. The Bertz CT molecular complexity index is 261. The maximum absolute atomic E-state index is 2.48. The topological polar surface area (TPSA) is 3.24 Å². The van der Waals surface area contributed by atoms with Crippen molar-refractivity contribution in [1.29, 1.82) is 0 Å². The molecule has 0 fully saturated rings. The van der Waals surface area contributed by atoms with E-state index in [1.807, 2.05) is 0 Å². The first-order valence-corrected chi connectivity index (χ1v) is 12.9. The van der Waals surface area contributed by atoms with Gasteiger partial charge in [0, 0.05) is 6.04 Å². The fourth-order valence-corrected chi connectivity index (χ4v) is 4.22. The number of hydrogen-bond acceptors (Lipinski definition) is 1. The SMILES string of the molecule is CCCCCCCCCCCCCCC(CCCCCCCCC)N(C)C. The lowest BCUT2D eigenvalue weighted by Gasteiger charge is -2.24. The van der Waals surface area contributed by atoms with Crippen molar-refractivity contribution >= 4 is 0 Å². The summed E-state index contributed by atoms with van der Waals surface area (Å²) in [5, 5.41) is 0. The molecule has 164 valence electrons. The molecule has 27 heavy (non-hydrogen) atoms. The number of rotatable bonds is 22. The molecule has 1 nitrogen and oxygen atoms in total. The van der Waals surface area contributed by atoms with Crippen LogP contribution in [0.3, 0.4) is 0 Å². The molecule has 0 aromatic rings. The van der Waals surface area contributed by atoms with E-state index in [1.54, 1.807) is 0 Å². The summed E-state index contributed by atoms with van der Waals surface area (Å²) in [6.07, 6.45) is 30.4. The second-order valence-electron chi connectivity index (χ2n) is 9.21. The van der Waals surface area contributed by atoms with Gasteiger partial charge in [-0.05, 0) is 26.9 Å². The van der Waals surface area contributed by atoms with Crippen LogP contribution in [0.2, 0.25) is 0 Å². The lowest BCUT2D eigenvalue weighted by Crippen LogP contribution is -2.27. The summed E-state index contributed by atoms with van der Waals surface area (Å²) in [4.78, 5) is 2.48. The molecule has 0 amide bonds. The van der Waals surface area contributed by atoms with Gasteiger partial charge in [0.1, 0.15) is 0 Å². The molecule has 0 N–H and O–H groups in total. The summed E-state index contributed by atoms with van der Waals surface area (Å²) in [5.41, 5.74) is 0. The molecule has 0 spiro atoms. The Labute approximate surface area is 174 Å². The van der Waals surface area contributed by atoms with Gasteiger partial charge in [-0.1, -0.05) is 136 Å². The fourth-order valence-electron chi connectivity index (χ4n) is 4.22. The van der Waals surface area contributed by atoms with E-state index >= 15 is 0 Å². The predicted octanol–water partition coefficient (Wildman–Crippen LogP) is 9.15. The lowest BCUT2D eigenvalue weighted by molar-refractivity contribution is 0.251. The van der Waals surface area contributed by atoms with Gasteiger partial charge in [-0.15, -0.1) is 0 Å². The van der Waals surface area contributed by atoms with E-state index in [4.69, 9.17) is 0 Å². The Balaban J connectivity index is 3.41. The van der Waals surface area contributed by atoms with Gasteiger partial charge in [-0.2, -0.15) is 0 Å². The Morgan fingerprint density at radius 3 is 0.926 bits per heavy atom. The molecule has 1 atom stereocenters. The van der Waals surface area contributed by atoms with Crippen LogP contribution >= 0.6 is 0 Å². The zero-order valence-corrected chi connectivity index (χ0v) is 19.9. The molecule has 0 radical (unpaired) electrons. The molecule has 1 unspecified atom stereocenters. The van der Waals surface area contributed by atoms with Crippen LogP contribution in [0.25, 0.3) is 0 Å². The molecule has 0 aromatic carbocycles. The first-order chi connectivity index (χ1) is 13.2. The van der Waals surface area contributed by atoms with Crippen LogP contribution < -0.4 is 0 Å². The van der Waals surface area contributed by atoms with E-state index in [1.165, 1.54) is 135 Å². The minimum atomic E-state index is 0.823. The third-order valence-corrected chi connectivity index (χ3v) is 6.26. The lowest BCUT2D eigenvalue weighted by atomic mass is 9.99. The molecule has 0 rings (SSSR count). The van der Waals surface area contributed by atoms with Crippen LogP contribution in [-0.4, -0.2) is 25.0 Å². The molecule has 0 aromatic heterocycles. The van der Waals surface area contributed by atoms with Crippen LogP contribution in [0.15, 0.2) is 0 Å². The summed E-state index contributed by atoms with van der Waals surface area (Å²) in [6.45, 7) is 4.60. The first-order valence-electron chi connectivity index (χ1n) is 12.9. The molecule has 0 heterocycles. The highest BCUT2D eigenvalue weighted by Crippen LogP contribution is 2.17. The summed E-state index contributed by atoms with van der Waals surface area (Å²) in [7, 11) is 4.57. The smallest absolute Gasteiger partial charge is 0.00891 e. The van der Waals surface area contributed by atoms with Gasteiger partial charge in [-0.3, -0.25) is 0 Å². The summed E-state index contributed by atoms with van der Waals surface area (Å²) in [6, 6.07) is 0.823. The summed E-state index contributed by atoms with van der Waals surface area (Å²) < 4.78 is 0. The van der Waals surface area contributed by atoms with E-state index in [2.05, 4.69) is 32.8 Å². The molecule has 1 heteroatoms. The Kier molecular flexibility index (Phi) is 22.2. The van der Waals surface area contributed by atoms with Gasteiger partial charge < -0.3 is 4.90 Å². The van der Waals surface area contributed by atoms with Gasteiger partial charge in [0.15, 0.2) is 0 Å². The average molecular weight is 382 g/mol. The third kappa shape index (κ3) is 20.5. The van der Waals surface area contributed by atoms with E-state index in [0.29, 0.717) is 0 Å². The maximum Gasteiger partial charge on any atom is 0.00891 e. The monoisotopic (exact) mass is 381 g/mol. The Hall–Kier alpha value is -0.0400. The molecule has 0 aliphatic carbocycles. The highest BCUT2D eigenvalue weighted by atomic mass is 15.1. The van der Waals surface area contributed by atoms with Crippen molar-refractivity contribution in [2.75, 3.05) is 14.1 Å². The summed E-state index contributed by atoms with van der Waals surface area (Å²) >= 11 is 0. The van der Waals surface area contributed by atoms with Crippen molar-refractivity contribution in [2.45, 2.75) is 155 Å². The minimum absolute atomic E-state index is 0.823. The van der Waals surface area contributed by atoms with Crippen molar-refractivity contribution in [2.24, 2.45) is 0 Å². The highest BCUT2D eigenvalue weighted by Gasteiger charge is 2.10. The molecule has 0 saturated carbocycles. The zero-order valence-electron chi connectivity index (χ0n) is 19.9. The van der Waals surface area contributed by atoms with Crippen molar-refractivity contribution in [3.63, 3.8) is 0 Å². The van der Waals surface area contributed by atoms with Crippen LogP contribution in [0.4, 0.5) is 0 Å². The third-order valence-electron chi connectivity index (χ3n) is 6.26. The molecule has 0 aliphatic heterocycles. The zero-order chi connectivity index (χ0) is 20.0. The Morgan fingerprint density at radius 1 is 0.407 bits per heavy atom. The van der Waals surface area contributed by atoms with E-state index in [-0.39, 0.29) is 0 Å². The van der Waals surface area contributed by atoms with E-state index < -0.39 is 0 Å².